The standard InChI is InChI=1S/C15H12F4N2O4S2/c16-12-6-3-7-13(14(12)27(20,24)25)21(26(22)23)9-8-10-4-1-2-5-11(10)15(17,18)19/h1-9H,(H,22,23)(H2,20,24,25)/p-1. The van der Waals surface area contributed by atoms with Gasteiger partial charge in [-0.05, 0) is 29.8 Å². The molecule has 2 rings (SSSR count). The van der Waals surface area contributed by atoms with Gasteiger partial charge in [0.15, 0.2) is 0 Å². The first-order chi connectivity index (χ1) is 12.4. The minimum absolute atomic E-state index is 0.260. The number of hydrogen-bond acceptors (Lipinski definition) is 4. The molecule has 0 bridgehead atoms. The zero-order valence-electron chi connectivity index (χ0n) is 13.2. The summed E-state index contributed by atoms with van der Waals surface area (Å²) in [7, 11) is -4.66. The fourth-order valence-corrected chi connectivity index (χ4v) is 3.54. The van der Waals surface area contributed by atoms with Crippen molar-refractivity contribution in [2.45, 2.75) is 11.1 Å². The first kappa shape index (κ1) is 21.0. The minimum Gasteiger partial charge on any atom is -0.755 e. The van der Waals surface area contributed by atoms with Crippen molar-refractivity contribution in [2.75, 3.05) is 4.31 Å². The van der Waals surface area contributed by atoms with Gasteiger partial charge >= 0.3 is 6.18 Å². The van der Waals surface area contributed by atoms with Crippen LogP contribution in [-0.4, -0.2) is 17.2 Å². The quantitative estimate of drug-likeness (QED) is 0.590. The molecule has 12 heteroatoms. The molecule has 0 fully saturated rings. The van der Waals surface area contributed by atoms with Gasteiger partial charge in [0.1, 0.15) is 10.7 Å². The zero-order chi connectivity index (χ0) is 20.4. The molecule has 2 aromatic rings. The third-order valence-electron chi connectivity index (χ3n) is 3.28. The first-order valence-corrected chi connectivity index (χ1v) is 9.55. The van der Waals surface area contributed by atoms with Crippen LogP contribution in [-0.2, 0) is 27.5 Å². The molecule has 2 N–H and O–H groups in total. The highest BCUT2D eigenvalue weighted by Crippen LogP contribution is 2.33. The SMILES string of the molecule is NS(=O)(=O)c1c(F)cccc1N(C=Cc1ccccc1C(F)(F)F)S(=O)[O-]. The largest absolute Gasteiger partial charge is 0.755 e. The van der Waals surface area contributed by atoms with Gasteiger partial charge in [-0.2, -0.15) is 13.2 Å². The lowest BCUT2D eigenvalue weighted by molar-refractivity contribution is -0.137. The van der Waals surface area contributed by atoms with E-state index >= 15 is 0 Å². The van der Waals surface area contributed by atoms with Crippen molar-refractivity contribution in [2.24, 2.45) is 5.14 Å². The molecule has 0 heterocycles. The molecule has 2 aromatic carbocycles. The van der Waals surface area contributed by atoms with E-state index in [0.29, 0.717) is 6.20 Å². The Bertz CT molecular complexity index is 1010. The van der Waals surface area contributed by atoms with Crippen LogP contribution in [0.1, 0.15) is 11.1 Å². The van der Waals surface area contributed by atoms with Crippen molar-refractivity contribution in [3.05, 3.63) is 65.6 Å². The minimum atomic E-state index is -4.70. The van der Waals surface area contributed by atoms with Crippen molar-refractivity contribution in [3.63, 3.8) is 0 Å². The van der Waals surface area contributed by atoms with E-state index in [1.807, 2.05) is 0 Å². The summed E-state index contributed by atoms with van der Waals surface area (Å²) < 4.78 is 99.4. The highest BCUT2D eigenvalue weighted by molar-refractivity contribution is 7.89. The molecule has 0 radical (unpaired) electrons. The summed E-state index contributed by atoms with van der Waals surface area (Å²) in [6, 6.07) is 7.03. The molecule has 0 spiro atoms. The lowest BCUT2D eigenvalue weighted by atomic mass is 10.1. The number of anilines is 1. The zero-order valence-corrected chi connectivity index (χ0v) is 14.8. The Morgan fingerprint density at radius 2 is 1.74 bits per heavy atom. The van der Waals surface area contributed by atoms with Crippen LogP contribution in [0.2, 0.25) is 0 Å². The van der Waals surface area contributed by atoms with Gasteiger partial charge in [-0.15, -0.1) is 0 Å². The van der Waals surface area contributed by atoms with Crippen LogP contribution >= 0.6 is 0 Å². The van der Waals surface area contributed by atoms with Crippen LogP contribution in [0.3, 0.4) is 0 Å². The van der Waals surface area contributed by atoms with E-state index in [-0.39, 0.29) is 9.87 Å². The number of alkyl halides is 3. The lowest BCUT2D eigenvalue weighted by Crippen LogP contribution is -2.24. The number of rotatable bonds is 5. The molecule has 0 aromatic heterocycles. The van der Waals surface area contributed by atoms with Gasteiger partial charge in [-0.3, -0.25) is 8.51 Å². The molecule has 0 aliphatic rings. The summed E-state index contributed by atoms with van der Waals surface area (Å²) in [6.07, 6.45) is -3.24. The third-order valence-corrected chi connectivity index (χ3v) is 4.90. The first-order valence-electron chi connectivity index (χ1n) is 6.97. The van der Waals surface area contributed by atoms with Gasteiger partial charge in [0.05, 0.1) is 22.5 Å². The van der Waals surface area contributed by atoms with Gasteiger partial charge in [0.25, 0.3) is 0 Å². The molecule has 0 saturated heterocycles. The maximum atomic E-state index is 13.9. The van der Waals surface area contributed by atoms with E-state index in [1.165, 1.54) is 6.07 Å². The summed E-state index contributed by atoms with van der Waals surface area (Å²) in [4.78, 5) is -1.11. The van der Waals surface area contributed by atoms with Crippen LogP contribution < -0.4 is 9.44 Å². The number of primary sulfonamides is 1. The Labute approximate surface area is 154 Å². The van der Waals surface area contributed by atoms with Crippen LogP contribution in [0.15, 0.2) is 53.6 Å². The molecular weight excluding hydrogens is 412 g/mol. The molecule has 0 aliphatic heterocycles. The topological polar surface area (TPSA) is 104 Å². The van der Waals surface area contributed by atoms with E-state index in [2.05, 4.69) is 0 Å². The summed E-state index contributed by atoms with van der Waals surface area (Å²) in [5.74, 6) is -1.31. The molecular formula is C15H11F4N2O4S2-. The van der Waals surface area contributed by atoms with Gasteiger partial charge in [-0.1, -0.05) is 24.3 Å². The third kappa shape index (κ3) is 4.91. The average molecular weight is 423 g/mol. The van der Waals surface area contributed by atoms with Crippen LogP contribution in [0, 0.1) is 5.82 Å². The number of nitrogens with two attached hydrogens (primary N) is 1. The Hall–Kier alpha value is -2.28. The fourth-order valence-electron chi connectivity index (χ4n) is 2.21. The Morgan fingerprint density at radius 3 is 2.30 bits per heavy atom. The summed E-state index contributed by atoms with van der Waals surface area (Å²) >= 11 is -3.18. The fraction of sp³-hybridized carbons (Fsp3) is 0.0667. The predicted octanol–water partition coefficient (Wildman–Crippen LogP) is 2.76. The maximum absolute atomic E-state index is 13.9. The van der Waals surface area contributed by atoms with Gasteiger partial charge in [-0.25, -0.2) is 17.9 Å². The highest BCUT2D eigenvalue weighted by atomic mass is 32.2. The van der Waals surface area contributed by atoms with Gasteiger partial charge in [0, 0.05) is 6.20 Å². The van der Waals surface area contributed by atoms with E-state index in [4.69, 9.17) is 5.14 Å². The number of nitrogens with zero attached hydrogens (tertiary/aromatic N) is 1. The van der Waals surface area contributed by atoms with E-state index in [1.54, 1.807) is 0 Å². The van der Waals surface area contributed by atoms with Crippen molar-refractivity contribution in [1.82, 2.24) is 0 Å². The average Bonchev–Trinajstić information content (AvgIpc) is 2.53. The van der Waals surface area contributed by atoms with Gasteiger partial charge < -0.3 is 4.55 Å². The molecule has 0 saturated carbocycles. The monoisotopic (exact) mass is 423 g/mol. The Kier molecular flexibility index (Phi) is 6.04. The second kappa shape index (κ2) is 7.76. The second-order valence-corrected chi connectivity index (χ2v) is 7.40. The van der Waals surface area contributed by atoms with Crippen LogP contribution in [0.5, 0.6) is 0 Å². The number of benzene rings is 2. The number of hydrogen-bond donors (Lipinski definition) is 1. The van der Waals surface area contributed by atoms with Crippen molar-refractivity contribution in [3.8, 4) is 0 Å². The molecule has 146 valence electrons. The second-order valence-electron chi connectivity index (χ2n) is 5.08. The van der Waals surface area contributed by atoms with E-state index in [0.717, 1.165) is 42.5 Å². The Balaban J connectivity index is 2.60. The predicted molar refractivity (Wildman–Crippen MR) is 89.7 cm³/mol. The summed E-state index contributed by atoms with van der Waals surface area (Å²) in [6.45, 7) is 0. The lowest BCUT2D eigenvalue weighted by Gasteiger charge is -2.24. The van der Waals surface area contributed by atoms with Gasteiger partial charge in [0.2, 0.25) is 10.0 Å². The van der Waals surface area contributed by atoms with Crippen molar-refractivity contribution in [1.29, 1.82) is 0 Å². The number of halogens is 4. The van der Waals surface area contributed by atoms with Crippen LogP contribution in [0.25, 0.3) is 6.08 Å². The maximum Gasteiger partial charge on any atom is 0.416 e. The summed E-state index contributed by atoms with van der Waals surface area (Å²) in [5, 5.41) is 4.92. The molecule has 27 heavy (non-hydrogen) atoms. The molecule has 6 nitrogen and oxygen atoms in total. The van der Waals surface area contributed by atoms with Crippen molar-refractivity contribution < 1.29 is 34.7 Å². The molecule has 1 atom stereocenters. The normalized spacial score (nSPS) is 13.7. The molecule has 0 amide bonds. The molecule has 1 unspecified atom stereocenters. The molecule has 0 aliphatic carbocycles. The van der Waals surface area contributed by atoms with Crippen molar-refractivity contribution >= 4 is 33.1 Å². The summed E-state index contributed by atoms with van der Waals surface area (Å²) in [5.41, 5.74) is -2.09. The number of sulfonamides is 1. The van der Waals surface area contributed by atoms with Crippen LogP contribution in [0.4, 0.5) is 23.2 Å². The van der Waals surface area contributed by atoms with E-state index < -0.39 is 49.4 Å². The smallest absolute Gasteiger partial charge is 0.416 e. The Morgan fingerprint density at radius 1 is 1.11 bits per heavy atom. The van der Waals surface area contributed by atoms with E-state index in [9.17, 15) is 34.7 Å². The highest BCUT2D eigenvalue weighted by Gasteiger charge is 2.32.